The number of amides is 3. The molecule has 21 nitrogen and oxygen atoms in total. The first kappa shape index (κ1) is 39.6. The number of rotatable bonds is 12. The summed E-state index contributed by atoms with van der Waals surface area (Å²) in [5.41, 5.74) is 0.280. The number of phosphoric ester groups is 3. The first-order chi connectivity index (χ1) is 23.9. The van der Waals surface area contributed by atoms with Crippen LogP contribution in [0.5, 0.6) is 0 Å². The Morgan fingerprint density at radius 1 is 0.412 bits per heavy atom. The third-order valence-corrected chi connectivity index (χ3v) is 8.06. The summed E-state index contributed by atoms with van der Waals surface area (Å²) >= 11 is 0. The fourth-order valence-electron chi connectivity index (χ4n) is 4.74. The van der Waals surface area contributed by atoms with Gasteiger partial charge in [0.25, 0.3) is 0 Å². The molecule has 1 aliphatic rings. The highest BCUT2D eigenvalue weighted by molar-refractivity contribution is 7.47. The molecule has 0 aromatic heterocycles. The molecule has 6 atom stereocenters. The van der Waals surface area contributed by atoms with Crippen LogP contribution < -0.4 is 16.0 Å². The normalized spacial score (nSPS) is 22.2. The standard InChI is InChI=1S/C27H30N3O18P3/c31-25(28-16-10-4-1-5-11-16)43-19-20(44-26(32)29-17-12-6-2-7-13-17)22(46-49(34,35)36)24(48-51(40,41)42)23(47-50(37,38)39)21(19)45-27(33)30-18-14-8-3-9-15-18/h1-15,19-24H,(H,28,31)(H,29,32)(H,30,33)(H2,34,35,36)(H2,37,38,39)(H2,40,41,42)/t19-,20-,21+,22-,23-,24-/m0/s1. The van der Waals surface area contributed by atoms with Gasteiger partial charge in [-0.05, 0) is 36.4 Å². The summed E-state index contributed by atoms with van der Waals surface area (Å²) in [5, 5.41) is 6.77. The van der Waals surface area contributed by atoms with E-state index in [0.717, 1.165) is 0 Å². The second-order valence-corrected chi connectivity index (χ2v) is 13.8. The number of anilines is 3. The van der Waals surface area contributed by atoms with Crippen molar-refractivity contribution < 1.29 is 85.2 Å². The molecule has 3 aromatic carbocycles. The topological polar surface area (TPSA) is 315 Å². The Morgan fingerprint density at radius 3 is 0.863 bits per heavy atom. The molecule has 3 amide bonds. The summed E-state index contributed by atoms with van der Waals surface area (Å²) in [4.78, 5) is 98.3. The van der Waals surface area contributed by atoms with E-state index in [2.05, 4.69) is 20.5 Å². The first-order valence-electron chi connectivity index (χ1n) is 14.2. The molecule has 0 heterocycles. The number of benzene rings is 3. The minimum absolute atomic E-state index is 0.0887. The maximum absolute atomic E-state index is 13.2. The molecule has 24 heteroatoms. The highest BCUT2D eigenvalue weighted by Crippen LogP contribution is 2.51. The van der Waals surface area contributed by atoms with Gasteiger partial charge in [-0.1, -0.05) is 54.6 Å². The van der Waals surface area contributed by atoms with Gasteiger partial charge in [0, 0.05) is 17.1 Å². The zero-order valence-electron chi connectivity index (χ0n) is 25.5. The van der Waals surface area contributed by atoms with E-state index in [1.165, 1.54) is 72.8 Å². The molecule has 0 unspecified atom stereocenters. The Bertz CT molecular complexity index is 1700. The van der Waals surface area contributed by atoms with Crippen molar-refractivity contribution in [1.29, 1.82) is 0 Å². The molecule has 0 radical (unpaired) electrons. The number of nitrogens with one attached hydrogen (secondary N) is 3. The smallest absolute Gasteiger partial charge is 0.439 e. The van der Waals surface area contributed by atoms with Crippen LogP contribution in [-0.2, 0) is 41.5 Å². The van der Waals surface area contributed by atoms with Gasteiger partial charge in [0.05, 0.1) is 0 Å². The van der Waals surface area contributed by atoms with Gasteiger partial charge in [-0.25, -0.2) is 28.1 Å². The van der Waals surface area contributed by atoms with Gasteiger partial charge in [-0.3, -0.25) is 29.5 Å². The molecular formula is C27H30N3O18P3. The lowest BCUT2D eigenvalue weighted by molar-refractivity contribution is -0.209. The van der Waals surface area contributed by atoms with E-state index in [0.29, 0.717) is 0 Å². The van der Waals surface area contributed by atoms with Crippen LogP contribution in [0.2, 0.25) is 0 Å². The minimum atomic E-state index is -5.86. The van der Waals surface area contributed by atoms with Gasteiger partial charge in [0.1, 0.15) is 18.3 Å². The van der Waals surface area contributed by atoms with Crippen LogP contribution in [0.1, 0.15) is 0 Å². The Kier molecular flexibility index (Phi) is 13.1. The van der Waals surface area contributed by atoms with E-state index in [-0.39, 0.29) is 17.1 Å². The second-order valence-electron chi connectivity index (χ2n) is 10.3. The SMILES string of the molecule is O=C(Nc1ccccc1)O[C@@H]1[C@@H](OC(=O)Nc2ccccc2)[C@H](OP(=O)(O)O)[C@@H](OP(=O)(O)O)[C@@H](OP(=O)(O)O)[C@H]1OC(=O)Nc1ccccc1. The summed E-state index contributed by atoms with van der Waals surface area (Å²) in [6.07, 6.45) is -19.8. The molecule has 276 valence electrons. The molecule has 3 aromatic rings. The highest BCUT2D eigenvalue weighted by atomic mass is 31.2. The lowest BCUT2D eigenvalue weighted by Gasteiger charge is -2.47. The molecule has 51 heavy (non-hydrogen) atoms. The summed E-state index contributed by atoms with van der Waals surface area (Å²) in [6, 6.07) is 22.1. The molecule has 0 bridgehead atoms. The van der Waals surface area contributed by atoms with Crippen molar-refractivity contribution in [2.75, 3.05) is 16.0 Å². The molecule has 1 aliphatic carbocycles. The molecule has 9 N–H and O–H groups in total. The van der Waals surface area contributed by atoms with Crippen molar-refractivity contribution in [2.24, 2.45) is 0 Å². The van der Waals surface area contributed by atoms with E-state index < -0.39 is 78.4 Å². The fraction of sp³-hybridized carbons (Fsp3) is 0.222. The van der Waals surface area contributed by atoms with Gasteiger partial charge in [-0.2, -0.15) is 0 Å². The maximum Gasteiger partial charge on any atom is 0.470 e. The van der Waals surface area contributed by atoms with Crippen molar-refractivity contribution in [3.05, 3.63) is 91.0 Å². The van der Waals surface area contributed by atoms with Gasteiger partial charge < -0.3 is 43.6 Å². The lowest BCUT2D eigenvalue weighted by Crippen LogP contribution is -2.68. The zero-order valence-corrected chi connectivity index (χ0v) is 28.2. The lowest BCUT2D eigenvalue weighted by atomic mass is 9.84. The van der Waals surface area contributed by atoms with Crippen LogP contribution in [0, 0.1) is 0 Å². The van der Waals surface area contributed by atoms with Gasteiger partial charge >= 0.3 is 41.7 Å². The van der Waals surface area contributed by atoms with Gasteiger partial charge in [0.2, 0.25) is 0 Å². The Morgan fingerprint density at radius 2 is 0.627 bits per heavy atom. The van der Waals surface area contributed by atoms with Crippen molar-refractivity contribution in [3.63, 3.8) is 0 Å². The van der Waals surface area contributed by atoms with Crippen LogP contribution in [0.3, 0.4) is 0 Å². The molecule has 1 fully saturated rings. The predicted molar refractivity (Wildman–Crippen MR) is 172 cm³/mol. The van der Waals surface area contributed by atoms with Crippen LogP contribution in [0.4, 0.5) is 31.4 Å². The number of para-hydroxylation sites is 3. The van der Waals surface area contributed by atoms with Gasteiger partial charge in [0.15, 0.2) is 18.3 Å². The average molecular weight is 777 g/mol. The quantitative estimate of drug-likeness (QED) is 0.0941. The van der Waals surface area contributed by atoms with Crippen molar-refractivity contribution in [3.8, 4) is 0 Å². The number of phosphoric acid groups is 3. The zero-order chi connectivity index (χ0) is 37.4. The fourth-order valence-corrected chi connectivity index (χ4v) is 6.41. The molecule has 0 saturated heterocycles. The van der Waals surface area contributed by atoms with E-state index in [1.807, 2.05) is 0 Å². The van der Waals surface area contributed by atoms with Crippen LogP contribution in [0.25, 0.3) is 0 Å². The number of carbonyl (C=O) groups is 3. The van der Waals surface area contributed by atoms with E-state index in [4.69, 9.17) is 23.3 Å². The summed E-state index contributed by atoms with van der Waals surface area (Å²) in [5.74, 6) is 0. The van der Waals surface area contributed by atoms with Crippen molar-refractivity contribution in [1.82, 2.24) is 0 Å². The predicted octanol–water partition coefficient (Wildman–Crippen LogP) is 3.29. The number of hydrogen-bond donors (Lipinski definition) is 9. The Hall–Kier alpha value is -4.20. The molecule has 0 aliphatic heterocycles. The van der Waals surface area contributed by atoms with Crippen LogP contribution in [-0.4, -0.2) is 84.3 Å². The number of ether oxygens (including phenoxy) is 3. The van der Waals surface area contributed by atoms with Gasteiger partial charge in [-0.15, -0.1) is 0 Å². The number of carbonyl (C=O) groups excluding carboxylic acids is 3. The Balaban J connectivity index is 1.87. The summed E-state index contributed by atoms with van der Waals surface area (Å²) in [7, 11) is -17.5. The van der Waals surface area contributed by atoms with E-state index in [1.54, 1.807) is 18.2 Å². The number of hydrogen-bond acceptors (Lipinski definition) is 12. The van der Waals surface area contributed by atoms with Crippen LogP contribution >= 0.6 is 23.5 Å². The van der Waals surface area contributed by atoms with Crippen molar-refractivity contribution >= 4 is 58.8 Å². The maximum atomic E-state index is 13.2. The van der Waals surface area contributed by atoms with Crippen molar-refractivity contribution in [2.45, 2.75) is 36.6 Å². The molecule has 1 saturated carbocycles. The molecule has 4 rings (SSSR count). The summed E-state index contributed by atoms with van der Waals surface area (Å²) in [6.45, 7) is 0. The van der Waals surface area contributed by atoms with E-state index in [9.17, 15) is 57.4 Å². The molecular weight excluding hydrogens is 747 g/mol. The Labute approximate surface area is 287 Å². The first-order valence-corrected chi connectivity index (χ1v) is 18.8. The highest BCUT2D eigenvalue weighted by Gasteiger charge is 2.62. The molecule has 0 spiro atoms. The third-order valence-electron chi connectivity index (χ3n) is 6.51. The second kappa shape index (κ2) is 16.9. The summed E-state index contributed by atoms with van der Waals surface area (Å²) < 4.78 is 66.8. The van der Waals surface area contributed by atoms with E-state index >= 15 is 0 Å². The minimum Gasteiger partial charge on any atom is -0.439 e. The largest absolute Gasteiger partial charge is 0.470 e. The monoisotopic (exact) mass is 777 g/mol. The average Bonchev–Trinajstić information content (AvgIpc) is 3.02. The third kappa shape index (κ3) is 12.8. The van der Waals surface area contributed by atoms with Crippen LogP contribution in [0.15, 0.2) is 91.0 Å².